The number of benzene rings is 3. The van der Waals surface area contributed by atoms with Gasteiger partial charge in [-0.2, -0.15) is 0 Å². The van der Waals surface area contributed by atoms with E-state index in [1.54, 1.807) is 42.5 Å². The highest BCUT2D eigenvalue weighted by atomic mass is 35.5. The monoisotopic (exact) mass is 540 g/mol. The molecular formula is C25H27Cl2FN2O4S. The van der Waals surface area contributed by atoms with Crippen LogP contribution in [0.2, 0.25) is 10.0 Å². The van der Waals surface area contributed by atoms with Crippen LogP contribution in [-0.2, 0) is 16.4 Å². The first kappa shape index (κ1) is 27.2. The van der Waals surface area contributed by atoms with Crippen LogP contribution in [0.15, 0.2) is 66.7 Å². The lowest BCUT2D eigenvalue weighted by Crippen LogP contribution is -2.34. The first-order valence-corrected chi connectivity index (χ1v) is 13.5. The molecule has 3 aromatic rings. The summed E-state index contributed by atoms with van der Waals surface area (Å²) in [6, 6.07) is 18.3. The van der Waals surface area contributed by atoms with Gasteiger partial charge in [0.25, 0.3) is 0 Å². The fourth-order valence-electron chi connectivity index (χ4n) is 3.53. The van der Waals surface area contributed by atoms with Gasteiger partial charge in [-0.15, -0.1) is 0 Å². The predicted octanol–water partition coefficient (Wildman–Crippen LogP) is 4.86. The molecule has 35 heavy (non-hydrogen) atoms. The molecule has 3 aromatic carbocycles. The Morgan fingerprint density at radius 2 is 1.74 bits per heavy atom. The maximum absolute atomic E-state index is 13.7. The van der Waals surface area contributed by atoms with Gasteiger partial charge in [-0.1, -0.05) is 41.4 Å². The van der Waals surface area contributed by atoms with Gasteiger partial charge < -0.3 is 15.2 Å². The van der Waals surface area contributed by atoms with Crippen LogP contribution in [0.25, 0.3) is 0 Å². The smallest absolute Gasteiger partial charge is 0.229 e. The summed E-state index contributed by atoms with van der Waals surface area (Å²) in [6.45, 7) is 0.833. The molecule has 0 fully saturated rings. The second-order valence-electron chi connectivity index (χ2n) is 8.23. The molecule has 0 saturated heterocycles. The quantitative estimate of drug-likeness (QED) is 0.305. The number of rotatable bonds is 12. The zero-order chi connectivity index (χ0) is 25.4. The van der Waals surface area contributed by atoms with Crippen molar-refractivity contribution in [3.8, 4) is 5.75 Å². The van der Waals surface area contributed by atoms with Crippen LogP contribution in [0.5, 0.6) is 5.75 Å². The highest BCUT2D eigenvalue weighted by Gasteiger charge is 2.16. The van der Waals surface area contributed by atoms with Gasteiger partial charge in [0.2, 0.25) is 10.0 Å². The molecule has 1 unspecified atom stereocenters. The van der Waals surface area contributed by atoms with Crippen molar-refractivity contribution in [3.05, 3.63) is 93.7 Å². The molecule has 0 spiro atoms. The molecule has 0 aromatic heterocycles. The molecule has 3 N–H and O–H groups in total. The maximum atomic E-state index is 13.7. The summed E-state index contributed by atoms with van der Waals surface area (Å²) in [4.78, 5) is 0. The Kier molecular flexibility index (Phi) is 9.77. The molecule has 0 radical (unpaired) electrons. The lowest BCUT2D eigenvalue weighted by molar-refractivity contribution is 0.106. The van der Waals surface area contributed by atoms with E-state index >= 15 is 0 Å². The molecule has 0 aliphatic carbocycles. The van der Waals surface area contributed by atoms with Crippen molar-refractivity contribution in [2.45, 2.75) is 18.4 Å². The zero-order valence-corrected chi connectivity index (χ0v) is 21.4. The number of halogens is 3. The summed E-state index contributed by atoms with van der Waals surface area (Å²) in [5, 5.41) is 14.5. The Morgan fingerprint density at radius 1 is 1.00 bits per heavy atom. The Balaban J connectivity index is 1.54. The van der Waals surface area contributed by atoms with Crippen LogP contribution in [0.4, 0.5) is 10.1 Å². The summed E-state index contributed by atoms with van der Waals surface area (Å²) in [6.07, 6.45) is 0.862. The minimum atomic E-state index is -3.35. The van der Waals surface area contributed by atoms with Gasteiger partial charge in [0.15, 0.2) is 0 Å². The predicted molar refractivity (Wildman–Crippen MR) is 139 cm³/mol. The second-order valence-corrected chi connectivity index (χ2v) is 10.8. The van der Waals surface area contributed by atoms with Crippen molar-refractivity contribution in [2.75, 3.05) is 30.7 Å². The van der Waals surface area contributed by atoms with Crippen LogP contribution in [0.1, 0.15) is 17.0 Å². The third kappa shape index (κ3) is 9.31. The van der Waals surface area contributed by atoms with Crippen molar-refractivity contribution >= 4 is 38.9 Å². The minimum Gasteiger partial charge on any atom is -0.491 e. The average Bonchev–Trinajstić information content (AvgIpc) is 2.79. The van der Waals surface area contributed by atoms with Crippen LogP contribution in [0, 0.1) is 5.82 Å². The molecule has 0 heterocycles. The van der Waals surface area contributed by atoms with Gasteiger partial charge in [-0.25, -0.2) is 12.8 Å². The first-order chi connectivity index (χ1) is 16.6. The lowest BCUT2D eigenvalue weighted by atomic mass is 9.91. The maximum Gasteiger partial charge on any atom is 0.229 e. The Hall–Kier alpha value is -2.36. The first-order valence-electron chi connectivity index (χ1n) is 10.9. The fourth-order valence-corrected chi connectivity index (χ4v) is 4.40. The van der Waals surface area contributed by atoms with Gasteiger partial charge in [-0.05, 0) is 66.1 Å². The number of ether oxygens (including phenoxy) is 1. The van der Waals surface area contributed by atoms with E-state index in [4.69, 9.17) is 27.9 Å². The van der Waals surface area contributed by atoms with Crippen LogP contribution in [0.3, 0.4) is 0 Å². The van der Waals surface area contributed by atoms with Crippen LogP contribution in [-0.4, -0.2) is 45.6 Å². The average molecular weight is 541 g/mol. The number of nitrogens with one attached hydrogen (secondary N) is 2. The standard InChI is InChI=1S/C25H27Cl2FN2O4S/c1-35(32,33)30-21-6-8-23(9-7-21)34-16-22(31)15-29-14-19(11-17-3-2-4-20(28)12-17)18-5-10-24(26)25(27)13-18/h2-10,12-13,19,22,29-31H,11,14-16H2,1H3/t19?,22-/m0/s1. The van der Waals surface area contributed by atoms with Crippen LogP contribution < -0.4 is 14.8 Å². The Bertz CT molecular complexity index is 1230. The molecule has 2 atom stereocenters. The number of aliphatic hydroxyl groups excluding tert-OH is 1. The third-order valence-corrected chi connectivity index (χ3v) is 6.50. The Labute approximate surface area is 215 Å². The van der Waals surface area contributed by atoms with E-state index in [9.17, 15) is 17.9 Å². The molecular weight excluding hydrogens is 514 g/mol. The van der Waals surface area contributed by atoms with E-state index in [1.807, 2.05) is 12.1 Å². The second kappa shape index (κ2) is 12.6. The van der Waals surface area contributed by atoms with E-state index in [-0.39, 0.29) is 24.9 Å². The fraction of sp³-hybridized carbons (Fsp3) is 0.280. The summed E-state index contributed by atoms with van der Waals surface area (Å²) < 4.78 is 44.2. The van der Waals surface area contributed by atoms with Gasteiger partial charge in [-0.3, -0.25) is 4.72 Å². The normalized spacial score (nSPS) is 13.3. The molecule has 6 nitrogen and oxygen atoms in total. The molecule has 0 aliphatic heterocycles. The van der Waals surface area contributed by atoms with Crippen molar-refractivity contribution in [3.63, 3.8) is 0 Å². The van der Waals surface area contributed by atoms with Gasteiger partial charge >= 0.3 is 0 Å². The van der Waals surface area contributed by atoms with Gasteiger partial charge in [0.05, 0.1) is 16.3 Å². The van der Waals surface area contributed by atoms with Crippen molar-refractivity contribution < 1.29 is 22.7 Å². The van der Waals surface area contributed by atoms with Gasteiger partial charge in [0.1, 0.15) is 24.3 Å². The molecule has 0 aliphatic rings. The number of sulfonamides is 1. The SMILES string of the molecule is CS(=O)(=O)Nc1ccc(OC[C@@H](O)CNCC(Cc2cccc(F)c2)c2ccc(Cl)c(Cl)c2)cc1. The largest absolute Gasteiger partial charge is 0.491 e. The highest BCUT2D eigenvalue weighted by molar-refractivity contribution is 7.92. The van der Waals surface area contributed by atoms with Crippen molar-refractivity contribution in [2.24, 2.45) is 0 Å². The molecule has 0 amide bonds. The van der Waals surface area contributed by atoms with Crippen LogP contribution >= 0.6 is 23.2 Å². The zero-order valence-electron chi connectivity index (χ0n) is 19.0. The highest BCUT2D eigenvalue weighted by Crippen LogP contribution is 2.28. The van der Waals surface area contributed by atoms with E-state index in [2.05, 4.69) is 10.0 Å². The Morgan fingerprint density at radius 3 is 2.40 bits per heavy atom. The molecule has 10 heteroatoms. The lowest BCUT2D eigenvalue weighted by Gasteiger charge is -2.20. The molecule has 0 bridgehead atoms. The van der Waals surface area contributed by atoms with Gasteiger partial charge in [0, 0.05) is 24.7 Å². The minimum absolute atomic E-state index is 0.0328. The number of hydrogen-bond acceptors (Lipinski definition) is 5. The van der Waals surface area contributed by atoms with E-state index in [0.29, 0.717) is 34.4 Å². The molecule has 188 valence electrons. The molecule has 0 saturated carbocycles. The van der Waals surface area contributed by atoms with Crippen molar-refractivity contribution in [1.29, 1.82) is 0 Å². The van der Waals surface area contributed by atoms with E-state index in [1.165, 1.54) is 12.1 Å². The topological polar surface area (TPSA) is 87.7 Å². The summed E-state index contributed by atoms with van der Waals surface area (Å²) in [7, 11) is -3.35. The number of aliphatic hydroxyl groups is 1. The summed E-state index contributed by atoms with van der Waals surface area (Å²) in [5.41, 5.74) is 2.22. The number of anilines is 1. The van der Waals surface area contributed by atoms with E-state index in [0.717, 1.165) is 17.4 Å². The third-order valence-electron chi connectivity index (χ3n) is 5.16. The number of hydrogen-bond donors (Lipinski definition) is 3. The van der Waals surface area contributed by atoms with Crippen molar-refractivity contribution in [1.82, 2.24) is 5.32 Å². The summed E-state index contributed by atoms with van der Waals surface area (Å²) in [5.74, 6) is 0.175. The van der Waals surface area contributed by atoms with E-state index < -0.39 is 16.1 Å². The molecule has 3 rings (SSSR count). The summed E-state index contributed by atoms with van der Waals surface area (Å²) >= 11 is 12.3.